The van der Waals surface area contributed by atoms with Gasteiger partial charge in [-0.1, -0.05) is 139 Å². The molecule has 0 saturated heterocycles. The van der Waals surface area contributed by atoms with Crippen LogP contribution in [-0.4, -0.2) is 23.7 Å². The number of aryl methyl sites for hydroxylation is 2. The van der Waals surface area contributed by atoms with Crippen LogP contribution in [0.5, 0.6) is 11.5 Å². The summed E-state index contributed by atoms with van der Waals surface area (Å²) >= 11 is 0. The largest absolute Gasteiger partial charge is 0.457 e. The number of rotatable bonds is 7. The number of fused-ring (bicyclic) bond motifs is 7. The van der Waals surface area contributed by atoms with Crippen molar-refractivity contribution in [3.8, 4) is 50.9 Å². The van der Waals surface area contributed by atoms with Gasteiger partial charge in [-0.15, -0.1) is 0 Å². The van der Waals surface area contributed by atoms with Gasteiger partial charge in [-0.25, -0.2) is 9.97 Å². The monoisotopic (exact) mass is 887 g/mol. The second-order valence-corrected chi connectivity index (χ2v) is 20.5. The fraction of sp³-hybridized carbons (Fsp3) is 0.197. The fourth-order valence-electron chi connectivity index (χ4n) is 10.3. The first kappa shape index (κ1) is 41.6. The van der Waals surface area contributed by atoms with Crippen LogP contribution in [0.15, 0.2) is 176 Å². The van der Waals surface area contributed by atoms with Gasteiger partial charge in [0.2, 0.25) is 0 Å². The van der Waals surface area contributed by atoms with E-state index in [1.54, 1.807) is 0 Å². The first-order valence-corrected chi connectivity index (χ1v) is 24.0. The van der Waals surface area contributed by atoms with Crippen LogP contribution in [0.4, 0.5) is 0 Å². The Morgan fingerprint density at radius 1 is 0.559 bits per heavy atom. The van der Waals surface area contributed by atoms with Crippen molar-refractivity contribution in [2.75, 3.05) is 0 Å². The fourth-order valence-corrected chi connectivity index (χ4v) is 10.3. The van der Waals surface area contributed by atoms with E-state index in [4.69, 9.17) is 14.7 Å². The zero-order chi connectivity index (χ0) is 46.3. The molecule has 0 atom stereocenters. The van der Waals surface area contributed by atoms with E-state index in [-0.39, 0.29) is 10.8 Å². The van der Waals surface area contributed by atoms with Crippen molar-refractivity contribution in [2.24, 2.45) is 0 Å². The maximum absolute atomic E-state index is 7.06. The average molecular weight is 888 g/mol. The Morgan fingerprint density at radius 3 is 2.00 bits per heavy atom. The summed E-state index contributed by atoms with van der Waals surface area (Å²) in [6, 6.07) is 59.1. The quantitative estimate of drug-likeness (QED) is 0.150. The van der Waals surface area contributed by atoms with Crippen LogP contribution < -0.4 is 9.30 Å². The molecule has 7 nitrogen and oxygen atoms in total. The molecule has 5 heterocycles. The van der Waals surface area contributed by atoms with Gasteiger partial charge in [0.25, 0.3) is 6.33 Å². The van der Waals surface area contributed by atoms with E-state index in [1.807, 2.05) is 6.20 Å². The third-order valence-electron chi connectivity index (χ3n) is 13.9. The molecule has 0 unspecified atom stereocenters. The van der Waals surface area contributed by atoms with E-state index in [0.717, 1.165) is 103 Å². The van der Waals surface area contributed by atoms with Gasteiger partial charge in [-0.2, -0.15) is 9.13 Å². The highest BCUT2D eigenvalue weighted by Gasteiger charge is 2.29. The average Bonchev–Trinajstić information content (AvgIpc) is 4.02. The van der Waals surface area contributed by atoms with Gasteiger partial charge in [0.05, 0.1) is 22.1 Å². The zero-order valence-corrected chi connectivity index (χ0v) is 39.7. The van der Waals surface area contributed by atoms with E-state index in [1.165, 1.54) is 34.3 Å². The number of nitrogens with zero attached hydrogens (tertiary/aromatic N) is 6. The lowest BCUT2D eigenvalue weighted by Crippen LogP contribution is -2.31. The van der Waals surface area contributed by atoms with Gasteiger partial charge in [0.1, 0.15) is 34.5 Å². The van der Waals surface area contributed by atoms with Crippen molar-refractivity contribution in [3.05, 3.63) is 193 Å². The molecule has 0 radical (unpaired) electrons. The van der Waals surface area contributed by atoms with Crippen molar-refractivity contribution in [2.45, 2.75) is 78.2 Å². The normalized spacial score (nSPS) is 13.2. The molecular weight excluding hydrogens is 833 g/mol. The Kier molecular flexibility index (Phi) is 9.77. The summed E-state index contributed by atoms with van der Waals surface area (Å²) in [5.74, 6) is 3.59. The summed E-state index contributed by atoms with van der Waals surface area (Å²) in [4.78, 5) is 10.2. The Balaban J connectivity index is 1.07. The summed E-state index contributed by atoms with van der Waals surface area (Å²) in [6.45, 7) is 14.5. The number of hydrogen-bond donors (Lipinski definition) is 0. The highest BCUT2D eigenvalue weighted by molar-refractivity contribution is 6.09. The number of para-hydroxylation sites is 2. The minimum atomic E-state index is -0.177. The SMILES string of the molecule is CC(C)(C)c1cc(Oc2ccc3c4ccccc4n(-c4cc(C(C)(C)C)ccn4)c3c2)cc(-n2c[n+](-c3c(-c4ccccc4)cccc3-c3ccccc3)c3cc4c(cc32)nc2n4CCCC2)c1. The first-order chi connectivity index (χ1) is 33.0. The molecule has 0 aliphatic carbocycles. The molecule has 1 aliphatic heterocycles. The van der Waals surface area contributed by atoms with Crippen LogP contribution in [0, 0.1) is 0 Å². The van der Waals surface area contributed by atoms with Gasteiger partial charge >= 0.3 is 0 Å². The summed E-state index contributed by atoms with van der Waals surface area (Å²) in [6.07, 6.45) is 7.53. The van der Waals surface area contributed by atoms with Crippen molar-refractivity contribution < 1.29 is 9.30 Å². The molecule has 0 spiro atoms. The van der Waals surface area contributed by atoms with Crippen molar-refractivity contribution in [1.29, 1.82) is 0 Å². The predicted molar refractivity (Wildman–Crippen MR) is 278 cm³/mol. The van der Waals surface area contributed by atoms with Gasteiger partial charge in [-0.3, -0.25) is 4.57 Å². The van der Waals surface area contributed by atoms with E-state index >= 15 is 0 Å². The molecule has 0 N–H and O–H groups in total. The van der Waals surface area contributed by atoms with Crippen LogP contribution in [0.3, 0.4) is 0 Å². The van der Waals surface area contributed by atoms with Crippen LogP contribution in [0.1, 0.15) is 71.3 Å². The van der Waals surface area contributed by atoms with Crippen molar-refractivity contribution in [3.63, 3.8) is 0 Å². The molecule has 1 aliphatic rings. The van der Waals surface area contributed by atoms with Gasteiger partial charge in [-0.05, 0) is 88.4 Å². The van der Waals surface area contributed by atoms with E-state index < -0.39 is 0 Å². The molecule has 7 heteroatoms. The first-order valence-electron chi connectivity index (χ1n) is 24.0. The van der Waals surface area contributed by atoms with Crippen LogP contribution in [0.25, 0.3) is 83.3 Å². The van der Waals surface area contributed by atoms with Crippen LogP contribution in [0.2, 0.25) is 0 Å². The topological polar surface area (TPSA) is 53.7 Å². The van der Waals surface area contributed by atoms with E-state index in [2.05, 4.69) is 230 Å². The lowest BCUT2D eigenvalue weighted by Gasteiger charge is -2.21. The third-order valence-corrected chi connectivity index (χ3v) is 13.9. The maximum atomic E-state index is 7.06. The predicted octanol–water partition coefficient (Wildman–Crippen LogP) is 14.8. The molecule has 4 aromatic heterocycles. The summed E-state index contributed by atoms with van der Waals surface area (Å²) in [5, 5.41) is 2.33. The number of hydrogen-bond acceptors (Lipinski definition) is 3. The number of ether oxygens (including phenoxy) is 1. The molecule has 0 fully saturated rings. The van der Waals surface area contributed by atoms with Crippen LogP contribution in [-0.2, 0) is 23.8 Å². The molecule has 7 aromatic carbocycles. The minimum absolute atomic E-state index is 0.0234. The molecule has 0 bridgehead atoms. The standard InChI is InChI=1S/C61H55N6O/c1-60(2,3)42-29-30-62-58(34-42)67-52-25-14-13-22-49(52)50-28-27-45(36-53(50)67)68-46-33-43(61(4,5)6)32-44(35-46)65-39-66(56-38-54-51(37-55(56)65)63-57-26-15-16-31-64(54)57)59-47(40-18-9-7-10-19-40)23-17-24-48(59)41-20-11-8-12-21-41/h7-14,17-25,27-30,32-39H,15-16,26,31H2,1-6H3/q+1. The smallest absolute Gasteiger partial charge is 0.255 e. The van der Waals surface area contributed by atoms with E-state index in [9.17, 15) is 0 Å². The lowest BCUT2D eigenvalue weighted by molar-refractivity contribution is -0.566. The van der Waals surface area contributed by atoms with Crippen molar-refractivity contribution >= 4 is 43.9 Å². The second kappa shape index (κ2) is 15.9. The lowest BCUT2D eigenvalue weighted by atomic mass is 9.86. The summed E-state index contributed by atoms with van der Waals surface area (Å²) in [7, 11) is 0. The summed E-state index contributed by atoms with van der Waals surface area (Å²) in [5.41, 5.74) is 15.5. The third kappa shape index (κ3) is 7.16. The Bertz CT molecular complexity index is 3670. The number of pyridine rings is 1. The number of benzene rings is 7. The highest BCUT2D eigenvalue weighted by atomic mass is 16.5. The molecular formula is C61H55N6O+. The second-order valence-electron chi connectivity index (χ2n) is 20.5. The molecule has 334 valence electrons. The highest BCUT2D eigenvalue weighted by Crippen LogP contribution is 2.40. The maximum Gasteiger partial charge on any atom is 0.255 e. The zero-order valence-electron chi connectivity index (χ0n) is 39.7. The number of imidazole rings is 2. The molecule has 0 amide bonds. The van der Waals surface area contributed by atoms with Crippen molar-refractivity contribution in [1.82, 2.24) is 23.7 Å². The summed E-state index contributed by atoms with van der Waals surface area (Å²) < 4.78 is 16.6. The van der Waals surface area contributed by atoms with Crippen LogP contribution >= 0.6 is 0 Å². The molecule has 68 heavy (non-hydrogen) atoms. The minimum Gasteiger partial charge on any atom is -0.457 e. The number of aromatic nitrogens is 6. The van der Waals surface area contributed by atoms with Gasteiger partial charge < -0.3 is 9.30 Å². The van der Waals surface area contributed by atoms with E-state index in [0.29, 0.717) is 0 Å². The molecule has 12 rings (SSSR count). The Labute approximate surface area is 397 Å². The van der Waals surface area contributed by atoms with Gasteiger partial charge in [0, 0.05) is 65.3 Å². The van der Waals surface area contributed by atoms with Gasteiger partial charge in [0.15, 0.2) is 11.0 Å². The molecule has 0 saturated carbocycles. The Morgan fingerprint density at radius 2 is 1.26 bits per heavy atom. The molecule has 11 aromatic rings. The Hall–Kier alpha value is -7.77.